The molecule has 0 saturated carbocycles. The van der Waals surface area contributed by atoms with Gasteiger partial charge in [-0.25, -0.2) is 0 Å². The quantitative estimate of drug-likeness (QED) is 0.665. The average molecular weight is 365 g/mol. The zero-order valence-electron chi connectivity index (χ0n) is 14.7. The first-order valence-corrected chi connectivity index (χ1v) is 9.43. The Hall–Kier alpha value is -2.67. The number of para-hydroxylation sites is 2. The van der Waals surface area contributed by atoms with Crippen molar-refractivity contribution < 1.29 is 4.79 Å². The third kappa shape index (κ3) is 2.99. The summed E-state index contributed by atoms with van der Waals surface area (Å²) in [5, 5.41) is 12.4. The molecule has 1 atom stereocenters. The van der Waals surface area contributed by atoms with Crippen molar-refractivity contribution in [1.29, 1.82) is 0 Å². The lowest BCUT2D eigenvalue weighted by Gasteiger charge is -2.21. The lowest BCUT2D eigenvalue weighted by atomic mass is 10.2. The summed E-state index contributed by atoms with van der Waals surface area (Å²) in [5.74, 6) is 0.0827. The summed E-state index contributed by atoms with van der Waals surface area (Å²) in [6.45, 7) is 4.65. The number of carbonyl (C=O) groups is 1. The number of nitrogens with zero attached hydrogens (tertiary/aromatic N) is 5. The fourth-order valence-corrected chi connectivity index (χ4v) is 4.06. The summed E-state index contributed by atoms with van der Waals surface area (Å²) >= 11 is 1.39. The predicted molar refractivity (Wildman–Crippen MR) is 102 cm³/mol. The largest absolute Gasteiger partial charge is 0.311 e. The van der Waals surface area contributed by atoms with Gasteiger partial charge in [-0.2, -0.15) is 4.68 Å². The molecular weight excluding hydrogens is 346 g/mol. The van der Waals surface area contributed by atoms with Crippen LogP contribution < -0.4 is 4.90 Å². The first-order chi connectivity index (χ1) is 12.6. The van der Waals surface area contributed by atoms with Crippen LogP contribution in [0, 0.1) is 6.92 Å². The number of carbonyl (C=O) groups excluding carboxylic acids is 1. The molecular formula is C19H19N5OS. The summed E-state index contributed by atoms with van der Waals surface area (Å²) in [7, 11) is 0. The second-order valence-electron chi connectivity index (χ2n) is 6.29. The standard InChI is InChI=1S/C19H19N5OS/c1-13-7-3-5-9-16(13)24-19(20-21-22-24)26-14(2)18(25)23-12-11-15-8-4-6-10-17(15)23/h3-10,14H,11-12H2,1-2H3/t14-/m0/s1. The van der Waals surface area contributed by atoms with E-state index in [9.17, 15) is 4.79 Å². The molecule has 0 N–H and O–H groups in total. The highest BCUT2D eigenvalue weighted by molar-refractivity contribution is 8.00. The monoisotopic (exact) mass is 365 g/mol. The van der Waals surface area contributed by atoms with Crippen molar-refractivity contribution in [2.45, 2.75) is 30.7 Å². The Bertz CT molecular complexity index is 954. The number of hydrogen-bond donors (Lipinski definition) is 0. The zero-order chi connectivity index (χ0) is 18.1. The molecule has 132 valence electrons. The predicted octanol–water partition coefficient (Wildman–Crippen LogP) is 3.04. The molecule has 0 aliphatic carbocycles. The molecule has 7 heteroatoms. The van der Waals surface area contributed by atoms with E-state index >= 15 is 0 Å². The minimum absolute atomic E-state index is 0.0827. The van der Waals surface area contributed by atoms with Gasteiger partial charge in [-0.15, -0.1) is 5.10 Å². The maximum absolute atomic E-state index is 13.0. The molecule has 3 aromatic rings. The molecule has 1 aliphatic heterocycles. The molecule has 0 unspecified atom stereocenters. The molecule has 4 rings (SSSR count). The Morgan fingerprint density at radius 3 is 2.65 bits per heavy atom. The topological polar surface area (TPSA) is 63.9 Å². The number of fused-ring (bicyclic) bond motifs is 1. The third-order valence-corrected chi connectivity index (χ3v) is 5.59. The van der Waals surface area contributed by atoms with Gasteiger partial charge in [0.05, 0.1) is 10.9 Å². The van der Waals surface area contributed by atoms with Crippen LogP contribution in [-0.4, -0.2) is 37.9 Å². The maximum atomic E-state index is 13.0. The number of aryl methyl sites for hydroxylation is 1. The first-order valence-electron chi connectivity index (χ1n) is 8.55. The highest BCUT2D eigenvalue weighted by atomic mass is 32.2. The highest BCUT2D eigenvalue weighted by Gasteiger charge is 2.29. The van der Waals surface area contributed by atoms with Crippen molar-refractivity contribution in [3.8, 4) is 5.69 Å². The van der Waals surface area contributed by atoms with Gasteiger partial charge in [-0.1, -0.05) is 48.2 Å². The van der Waals surface area contributed by atoms with E-state index < -0.39 is 0 Å². The van der Waals surface area contributed by atoms with Crippen LogP contribution in [0.1, 0.15) is 18.1 Å². The molecule has 1 amide bonds. The van der Waals surface area contributed by atoms with Gasteiger partial charge in [-0.3, -0.25) is 4.79 Å². The van der Waals surface area contributed by atoms with Gasteiger partial charge in [-0.05, 0) is 54.0 Å². The Morgan fingerprint density at radius 1 is 1.12 bits per heavy atom. The van der Waals surface area contributed by atoms with Crippen molar-refractivity contribution in [3.63, 3.8) is 0 Å². The van der Waals surface area contributed by atoms with E-state index in [1.165, 1.54) is 17.3 Å². The van der Waals surface area contributed by atoms with E-state index in [2.05, 4.69) is 21.6 Å². The summed E-state index contributed by atoms with van der Waals surface area (Å²) in [6, 6.07) is 16.0. The maximum Gasteiger partial charge on any atom is 0.240 e. The second-order valence-corrected chi connectivity index (χ2v) is 7.60. The van der Waals surface area contributed by atoms with Crippen LogP contribution >= 0.6 is 11.8 Å². The Balaban J connectivity index is 1.55. The molecule has 0 fully saturated rings. The normalized spacial score (nSPS) is 14.3. The van der Waals surface area contributed by atoms with Gasteiger partial charge < -0.3 is 4.90 Å². The number of hydrogen-bond acceptors (Lipinski definition) is 5. The van der Waals surface area contributed by atoms with Crippen LogP contribution in [0.5, 0.6) is 0 Å². The van der Waals surface area contributed by atoms with Crippen molar-refractivity contribution >= 4 is 23.4 Å². The zero-order valence-corrected chi connectivity index (χ0v) is 15.5. The Labute approximate surface area is 156 Å². The molecule has 26 heavy (non-hydrogen) atoms. The highest BCUT2D eigenvalue weighted by Crippen LogP contribution is 2.31. The molecule has 1 aromatic heterocycles. The minimum atomic E-state index is -0.282. The van der Waals surface area contributed by atoms with Gasteiger partial charge in [0.15, 0.2) is 0 Å². The second kappa shape index (κ2) is 6.92. The molecule has 1 aliphatic rings. The van der Waals surface area contributed by atoms with Crippen molar-refractivity contribution in [2.75, 3.05) is 11.4 Å². The van der Waals surface area contributed by atoms with Gasteiger partial charge in [0, 0.05) is 12.2 Å². The first kappa shape index (κ1) is 16.8. The third-order valence-electron chi connectivity index (χ3n) is 4.57. The van der Waals surface area contributed by atoms with Crippen LogP contribution in [0.2, 0.25) is 0 Å². The summed E-state index contributed by atoms with van der Waals surface area (Å²) in [6.07, 6.45) is 0.903. The van der Waals surface area contributed by atoms with Crippen molar-refractivity contribution in [1.82, 2.24) is 20.2 Å². The van der Waals surface area contributed by atoms with Gasteiger partial charge in [0.1, 0.15) is 0 Å². The summed E-state index contributed by atoms with van der Waals surface area (Å²) in [5.41, 5.74) is 4.24. The van der Waals surface area contributed by atoms with E-state index in [1.807, 2.05) is 61.2 Å². The lowest BCUT2D eigenvalue weighted by Crippen LogP contribution is -2.35. The number of amides is 1. The number of aromatic nitrogens is 4. The summed E-state index contributed by atoms with van der Waals surface area (Å²) in [4.78, 5) is 14.8. The van der Waals surface area contributed by atoms with E-state index in [0.717, 1.165) is 29.9 Å². The van der Waals surface area contributed by atoms with E-state index in [0.29, 0.717) is 5.16 Å². The number of tetrazole rings is 1. The fourth-order valence-electron chi connectivity index (χ4n) is 3.20. The minimum Gasteiger partial charge on any atom is -0.311 e. The van der Waals surface area contributed by atoms with Gasteiger partial charge in [0.25, 0.3) is 0 Å². The number of rotatable bonds is 4. The smallest absolute Gasteiger partial charge is 0.240 e. The van der Waals surface area contributed by atoms with Crippen LogP contribution in [0.4, 0.5) is 5.69 Å². The SMILES string of the molecule is Cc1ccccc1-n1nnnc1S[C@@H](C)C(=O)N1CCc2ccccc21. The molecule has 0 bridgehead atoms. The van der Waals surface area contributed by atoms with Crippen molar-refractivity contribution in [3.05, 3.63) is 59.7 Å². The molecule has 0 spiro atoms. The average Bonchev–Trinajstić information content (AvgIpc) is 3.28. The molecule has 0 saturated heterocycles. The molecule has 6 nitrogen and oxygen atoms in total. The Kier molecular flexibility index (Phi) is 4.46. The number of thioether (sulfide) groups is 1. The van der Waals surface area contributed by atoms with Crippen LogP contribution in [0.15, 0.2) is 53.7 Å². The fraction of sp³-hybridized carbons (Fsp3) is 0.263. The van der Waals surface area contributed by atoms with Gasteiger partial charge in [0.2, 0.25) is 11.1 Å². The number of anilines is 1. The van der Waals surface area contributed by atoms with Crippen molar-refractivity contribution in [2.24, 2.45) is 0 Å². The summed E-state index contributed by atoms with van der Waals surface area (Å²) < 4.78 is 1.70. The van der Waals surface area contributed by atoms with E-state index in [-0.39, 0.29) is 11.2 Å². The molecule has 0 radical (unpaired) electrons. The lowest BCUT2D eigenvalue weighted by molar-refractivity contribution is -0.117. The Morgan fingerprint density at radius 2 is 1.85 bits per heavy atom. The molecule has 2 aromatic carbocycles. The van der Waals surface area contributed by atoms with Crippen LogP contribution in [0.3, 0.4) is 0 Å². The van der Waals surface area contributed by atoms with Crippen LogP contribution in [-0.2, 0) is 11.2 Å². The van der Waals surface area contributed by atoms with E-state index in [4.69, 9.17) is 0 Å². The number of benzene rings is 2. The molecule has 2 heterocycles. The van der Waals surface area contributed by atoms with Crippen LogP contribution in [0.25, 0.3) is 5.69 Å². The van der Waals surface area contributed by atoms with Gasteiger partial charge >= 0.3 is 0 Å². The van der Waals surface area contributed by atoms with E-state index in [1.54, 1.807) is 4.68 Å².